The first-order valence-electron chi connectivity index (χ1n) is 5.78. The van der Waals surface area contributed by atoms with Gasteiger partial charge < -0.3 is 14.7 Å². The minimum Gasteiger partial charge on any atom is -0.465 e. The van der Waals surface area contributed by atoms with Gasteiger partial charge in [0.05, 0.1) is 26.1 Å². The summed E-state index contributed by atoms with van der Waals surface area (Å²) in [5, 5.41) is 8.85. The highest BCUT2D eigenvalue weighted by atomic mass is 32.2. The third-order valence-electron chi connectivity index (χ3n) is 2.67. The highest BCUT2D eigenvalue weighted by Crippen LogP contribution is 2.16. The van der Waals surface area contributed by atoms with Crippen LogP contribution in [-0.2, 0) is 19.0 Å². The summed E-state index contributed by atoms with van der Waals surface area (Å²) in [7, 11) is -3.42. The van der Waals surface area contributed by atoms with E-state index in [4.69, 9.17) is 9.84 Å². The Balaban J connectivity index is 2.14. The predicted octanol–water partition coefficient (Wildman–Crippen LogP) is 0.369. The topological polar surface area (TPSA) is 93.1 Å². The fourth-order valence-electron chi connectivity index (χ4n) is 1.87. The molecule has 0 bridgehead atoms. The van der Waals surface area contributed by atoms with Crippen LogP contribution in [0, 0.1) is 5.92 Å². The van der Waals surface area contributed by atoms with E-state index in [1.165, 1.54) is 4.90 Å². The van der Waals surface area contributed by atoms with Crippen LogP contribution in [-0.4, -0.2) is 63.7 Å². The summed E-state index contributed by atoms with van der Waals surface area (Å²) in [6.07, 6.45) is 1.84. The zero-order valence-corrected chi connectivity index (χ0v) is 11.2. The number of carbonyl (C=O) groups is 1. The Hall–Kier alpha value is -0.860. The van der Waals surface area contributed by atoms with Crippen LogP contribution in [0.4, 0.5) is 4.79 Å². The Bertz CT molecular complexity index is 369. The molecule has 106 valence electrons. The van der Waals surface area contributed by atoms with Crippen LogP contribution in [0.1, 0.15) is 12.8 Å². The smallest absolute Gasteiger partial charge is 0.407 e. The van der Waals surface area contributed by atoms with Crippen molar-refractivity contribution < 1.29 is 27.2 Å². The summed E-state index contributed by atoms with van der Waals surface area (Å²) in [5.41, 5.74) is 0. The SMILES string of the molecule is CS(=O)(=O)OCCOCC1CCCN(C(=O)O)C1. The normalized spacial score (nSPS) is 20.9. The fourth-order valence-corrected chi connectivity index (χ4v) is 2.24. The van der Waals surface area contributed by atoms with Crippen LogP contribution < -0.4 is 0 Å². The van der Waals surface area contributed by atoms with E-state index in [1.54, 1.807) is 0 Å². The van der Waals surface area contributed by atoms with Gasteiger partial charge in [0.2, 0.25) is 0 Å². The lowest BCUT2D eigenvalue weighted by Gasteiger charge is -2.30. The van der Waals surface area contributed by atoms with E-state index < -0.39 is 16.2 Å². The van der Waals surface area contributed by atoms with E-state index in [0.717, 1.165) is 19.1 Å². The molecule has 0 aromatic heterocycles. The first kappa shape index (κ1) is 15.2. The van der Waals surface area contributed by atoms with Gasteiger partial charge in [0.15, 0.2) is 0 Å². The van der Waals surface area contributed by atoms with Crippen molar-refractivity contribution in [1.29, 1.82) is 0 Å². The first-order chi connectivity index (χ1) is 8.38. The quantitative estimate of drug-likeness (QED) is 0.558. The van der Waals surface area contributed by atoms with Crippen molar-refractivity contribution in [3.8, 4) is 0 Å². The fraction of sp³-hybridized carbons (Fsp3) is 0.900. The monoisotopic (exact) mass is 281 g/mol. The molecule has 0 saturated carbocycles. The van der Waals surface area contributed by atoms with Crippen molar-refractivity contribution in [3.05, 3.63) is 0 Å². The Morgan fingerprint density at radius 3 is 2.78 bits per heavy atom. The zero-order valence-electron chi connectivity index (χ0n) is 10.4. The van der Waals surface area contributed by atoms with Crippen molar-refractivity contribution in [2.24, 2.45) is 5.92 Å². The van der Waals surface area contributed by atoms with Gasteiger partial charge in [-0.25, -0.2) is 4.79 Å². The maximum Gasteiger partial charge on any atom is 0.407 e. The number of hydrogen-bond acceptors (Lipinski definition) is 5. The van der Waals surface area contributed by atoms with Crippen LogP contribution in [0.5, 0.6) is 0 Å². The lowest BCUT2D eigenvalue weighted by Crippen LogP contribution is -2.40. The van der Waals surface area contributed by atoms with E-state index in [-0.39, 0.29) is 19.1 Å². The third kappa shape index (κ3) is 6.18. The molecule has 1 unspecified atom stereocenters. The molecule has 1 N–H and O–H groups in total. The van der Waals surface area contributed by atoms with Gasteiger partial charge in [0, 0.05) is 19.0 Å². The van der Waals surface area contributed by atoms with Gasteiger partial charge in [-0.15, -0.1) is 0 Å². The van der Waals surface area contributed by atoms with Crippen molar-refractivity contribution >= 4 is 16.2 Å². The van der Waals surface area contributed by atoms with Gasteiger partial charge in [-0.2, -0.15) is 8.42 Å². The third-order valence-corrected chi connectivity index (χ3v) is 3.26. The molecule has 0 aromatic rings. The molecule has 1 saturated heterocycles. The molecule has 7 nitrogen and oxygen atoms in total. The molecular formula is C10H19NO6S. The molecule has 1 atom stereocenters. The predicted molar refractivity (Wildman–Crippen MR) is 63.9 cm³/mol. The molecule has 1 fully saturated rings. The lowest BCUT2D eigenvalue weighted by molar-refractivity contribution is 0.0467. The van der Waals surface area contributed by atoms with E-state index >= 15 is 0 Å². The Labute approximate surface area is 107 Å². The summed E-state index contributed by atoms with van der Waals surface area (Å²) < 4.78 is 31.1. The number of nitrogens with zero attached hydrogens (tertiary/aromatic N) is 1. The molecule has 1 amide bonds. The van der Waals surface area contributed by atoms with Crippen LogP contribution in [0.25, 0.3) is 0 Å². The first-order valence-corrected chi connectivity index (χ1v) is 7.60. The molecule has 1 aliphatic heterocycles. The molecule has 1 rings (SSSR count). The molecule has 0 aliphatic carbocycles. The second kappa shape index (κ2) is 6.91. The van der Waals surface area contributed by atoms with Gasteiger partial charge >= 0.3 is 6.09 Å². The molecular weight excluding hydrogens is 262 g/mol. The molecule has 0 spiro atoms. The van der Waals surface area contributed by atoms with E-state index in [2.05, 4.69) is 4.18 Å². The number of ether oxygens (including phenoxy) is 1. The van der Waals surface area contributed by atoms with E-state index in [9.17, 15) is 13.2 Å². The van der Waals surface area contributed by atoms with Crippen LogP contribution in [0.2, 0.25) is 0 Å². The molecule has 0 radical (unpaired) electrons. The average molecular weight is 281 g/mol. The molecule has 18 heavy (non-hydrogen) atoms. The maximum absolute atomic E-state index is 10.8. The largest absolute Gasteiger partial charge is 0.465 e. The lowest BCUT2D eigenvalue weighted by atomic mass is 9.99. The minimum absolute atomic E-state index is 0.00576. The maximum atomic E-state index is 10.8. The van der Waals surface area contributed by atoms with Gasteiger partial charge in [-0.1, -0.05) is 0 Å². The number of carboxylic acid groups (broad SMARTS) is 1. The van der Waals surface area contributed by atoms with Crippen molar-refractivity contribution in [3.63, 3.8) is 0 Å². The number of amides is 1. The van der Waals surface area contributed by atoms with Gasteiger partial charge in [0.1, 0.15) is 0 Å². The number of likely N-dealkylation sites (tertiary alicyclic amines) is 1. The number of hydrogen-bond donors (Lipinski definition) is 1. The second-order valence-electron chi connectivity index (χ2n) is 4.34. The summed E-state index contributed by atoms with van der Waals surface area (Å²) in [4.78, 5) is 12.2. The Morgan fingerprint density at radius 1 is 1.44 bits per heavy atom. The summed E-state index contributed by atoms with van der Waals surface area (Å²) in [6, 6.07) is 0. The number of rotatable bonds is 6. The molecule has 1 heterocycles. The van der Waals surface area contributed by atoms with Crippen LogP contribution in [0.15, 0.2) is 0 Å². The Kier molecular flexibility index (Phi) is 5.83. The summed E-state index contributed by atoms with van der Waals surface area (Å²) in [5.74, 6) is 0.174. The standard InChI is InChI=1S/C10H19NO6S/c1-18(14,15)17-6-5-16-8-9-3-2-4-11(7-9)10(12)13/h9H,2-8H2,1H3,(H,12,13). The van der Waals surface area contributed by atoms with Gasteiger partial charge in [0.25, 0.3) is 10.1 Å². The zero-order chi connectivity index (χ0) is 13.6. The van der Waals surface area contributed by atoms with Crippen LogP contribution >= 0.6 is 0 Å². The van der Waals surface area contributed by atoms with Crippen molar-refractivity contribution in [2.75, 3.05) is 39.2 Å². The van der Waals surface area contributed by atoms with Gasteiger partial charge in [-0.3, -0.25) is 4.18 Å². The summed E-state index contributed by atoms with van der Waals surface area (Å²) >= 11 is 0. The second-order valence-corrected chi connectivity index (χ2v) is 5.98. The van der Waals surface area contributed by atoms with Gasteiger partial charge in [-0.05, 0) is 12.8 Å². The van der Waals surface area contributed by atoms with Crippen LogP contribution in [0.3, 0.4) is 0 Å². The minimum atomic E-state index is -3.42. The summed E-state index contributed by atoms with van der Waals surface area (Å²) in [6.45, 7) is 1.66. The highest BCUT2D eigenvalue weighted by Gasteiger charge is 2.23. The van der Waals surface area contributed by atoms with Crippen molar-refractivity contribution in [2.45, 2.75) is 12.8 Å². The van der Waals surface area contributed by atoms with E-state index in [1.807, 2.05) is 0 Å². The van der Waals surface area contributed by atoms with E-state index in [0.29, 0.717) is 19.7 Å². The van der Waals surface area contributed by atoms with Crippen molar-refractivity contribution in [1.82, 2.24) is 4.90 Å². The average Bonchev–Trinajstić information content (AvgIpc) is 2.27. The number of piperidine rings is 1. The molecule has 8 heteroatoms. The molecule has 0 aromatic carbocycles. The molecule has 1 aliphatic rings. The highest BCUT2D eigenvalue weighted by molar-refractivity contribution is 7.85. The Morgan fingerprint density at radius 2 is 2.17 bits per heavy atom.